The van der Waals surface area contributed by atoms with Crippen molar-refractivity contribution in [1.82, 2.24) is 0 Å². The van der Waals surface area contributed by atoms with Gasteiger partial charge in [-0.15, -0.1) is 0 Å². The third-order valence-electron chi connectivity index (χ3n) is 11.5. The van der Waals surface area contributed by atoms with Crippen LogP contribution in [0.1, 0.15) is 86.8 Å². The lowest BCUT2D eigenvalue weighted by Crippen LogP contribution is -2.64. The molecular formula is C50H61O11. The minimum Gasteiger partial charge on any atom is -0.469 e. The molecule has 0 saturated carbocycles. The van der Waals surface area contributed by atoms with Crippen molar-refractivity contribution in [3.8, 4) is 0 Å². The number of methoxy groups -OCH3 is 1. The summed E-state index contributed by atoms with van der Waals surface area (Å²) >= 11 is 0. The Labute approximate surface area is 360 Å². The van der Waals surface area contributed by atoms with Crippen LogP contribution in [0.15, 0.2) is 121 Å². The molecule has 0 spiro atoms. The topological polar surface area (TPSA) is 120 Å². The van der Waals surface area contributed by atoms with Gasteiger partial charge in [0.2, 0.25) is 0 Å². The fourth-order valence-electron chi connectivity index (χ4n) is 8.22. The Bertz CT molecular complexity index is 1830. The zero-order valence-corrected chi connectivity index (χ0v) is 35.3. The van der Waals surface area contributed by atoms with Crippen molar-refractivity contribution in [1.29, 1.82) is 0 Å². The Morgan fingerprint density at radius 1 is 0.656 bits per heavy atom. The molecule has 10 atom stereocenters. The molecule has 0 amide bonds. The number of hydrogen-bond acceptors (Lipinski definition) is 11. The van der Waals surface area contributed by atoms with Crippen LogP contribution in [0.4, 0.5) is 0 Å². The van der Waals surface area contributed by atoms with Gasteiger partial charge >= 0.3 is 5.97 Å². The van der Waals surface area contributed by atoms with Crippen molar-refractivity contribution < 1.29 is 52.5 Å². The van der Waals surface area contributed by atoms with Crippen LogP contribution >= 0.6 is 0 Å². The molecule has 1 radical (unpaired) electrons. The first-order chi connectivity index (χ1) is 30.0. The van der Waals surface area contributed by atoms with E-state index in [2.05, 4.69) is 0 Å². The fourth-order valence-corrected chi connectivity index (χ4v) is 8.22. The van der Waals surface area contributed by atoms with E-state index in [1.807, 2.05) is 128 Å². The van der Waals surface area contributed by atoms with E-state index in [9.17, 15) is 9.90 Å². The van der Waals surface area contributed by atoms with Crippen molar-refractivity contribution in [2.24, 2.45) is 0 Å². The highest BCUT2D eigenvalue weighted by molar-refractivity contribution is 5.68. The van der Waals surface area contributed by atoms with Crippen LogP contribution in [0.3, 0.4) is 0 Å². The van der Waals surface area contributed by atoms with Crippen molar-refractivity contribution in [3.63, 3.8) is 0 Å². The molecule has 0 aliphatic carbocycles. The van der Waals surface area contributed by atoms with Gasteiger partial charge in [0.15, 0.2) is 12.6 Å². The molecule has 3 aliphatic rings. The summed E-state index contributed by atoms with van der Waals surface area (Å²) < 4.78 is 58.2. The second-order valence-corrected chi connectivity index (χ2v) is 16.0. The van der Waals surface area contributed by atoms with Crippen LogP contribution in [-0.2, 0) is 67.2 Å². The Morgan fingerprint density at radius 2 is 1.18 bits per heavy atom. The van der Waals surface area contributed by atoms with Crippen molar-refractivity contribution in [2.45, 2.75) is 140 Å². The van der Waals surface area contributed by atoms with Gasteiger partial charge in [-0.1, -0.05) is 153 Å². The molecule has 11 nitrogen and oxygen atoms in total. The Hall–Kier alpha value is -4.01. The standard InChI is InChI=1S/C50H61O11/c1-35-44(54-31-36-21-11-7-12-22-36)47(55-32-37-23-13-8-14-24-37)48(56-33-38-25-15-9-16-26-38)50(58-35)61-45-40(29-19-5-3-4-6-20-30-42(51)53-2)59-41-34-57-49(60-46(41)43(45)52)39-27-17-10-18-28-39/h7-18,21-28,35,41,43-50,52H,3-6,19-20,29-34H2,1-2H3/t35-,41+,43+,44+,45-,46-,47+,48-,49?,50-/m0/s1. The predicted molar refractivity (Wildman–Crippen MR) is 227 cm³/mol. The Morgan fingerprint density at radius 3 is 1.77 bits per heavy atom. The van der Waals surface area contributed by atoms with Crippen LogP contribution in [0.5, 0.6) is 0 Å². The molecule has 0 aromatic heterocycles. The molecule has 3 aliphatic heterocycles. The minimum absolute atomic E-state index is 0.173. The highest BCUT2D eigenvalue weighted by atomic mass is 16.7. The number of esters is 1. The monoisotopic (exact) mass is 837 g/mol. The number of aliphatic hydroxyl groups excluding tert-OH is 1. The molecule has 1 unspecified atom stereocenters. The molecule has 61 heavy (non-hydrogen) atoms. The lowest BCUT2D eigenvalue weighted by Gasteiger charge is -2.50. The maximum absolute atomic E-state index is 12.3. The highest BCUT2D eigenvalue weighted by Gasteiger charge is 2.54. The van der Waals surface area contributed by atoms with E-state index in [0.717, 1.165) is 60.8 Å². The van der Waals surface area contributed by atoms with E-state index in [0.29, 0.717) is 32.2 Å². The average Bonchev–Trinajstić information content (AvgIpc) is 3.30. The van der Waals surface area contributed by atoms with Gasteiger partial charge < -0.3 is 47.7 Å². The molecule has 4 aromatic rings. The first-order valence-electron chi connectivity index (χ1n) is 21.8. The molecule has 3 saturated heterocycles. The van der Waals surface area contributed by atoms with E-state index in [4.69, 9.17) is 42.6 Å². The lowest BCUT2D eigenvalue weighted by atomic mass is 9.90. The van der Waals surface area contributed by atoms with Crippen LogP contribution in [0.25, 0.3) is 0 Å². The molecule has 3 fully saturated rings. The molecule has 327 valence electrons. The summed E-state index contributed by atoms with van der Waals surface area (Å²) in [4.78, 5) is 11.5. The zero-order valence-electron chi connectivity index (χ0n) is 35.3. The smallest absolute Gasteiger partial charge is 0.305 e. The van der Waals surface area contributed by atoms with Gasteiger partial charge in [-0.2, -0.15) is 0 Å². The molecule has 7 rings (SSSR count). The van der Waals surface area contributed by atoms with Gasteiger partial charge in [0.05, 0.1) is 39.6 Å². The minimum atomic E-state index is -1.10. The van der Waals surface area contributed by atoms with E-state index < -0.39 is 61.4 Å². The van der Waals surface area contributed by atoms with E-state index in [-0.39, 0.29) is 19.2 Å². The van der Waals surface area contributed by atoms with Gasteiger partial charge in [0, 0.05) is 12.0 Å². The van der Waals surface area contributed by atoms with Gasteiger partial charge in [0.1, 0.15) is 48.8 Å². The van der Waals surface area contributed by atoms with Crippen LogP contribution in [-0.4, -0.2) is 79.9 Å². The van der Waals surface area contributed by atoms with Gasteiger partial charge in [-0.05, 0) is 36.5 Å². The van der Waals surface area contributed by atoms with E-state index in [1.54, 1.807) is 0 Å². The summed E-state index contributed by atoms with van der Waals surface area (Å²) in [6, 6.07) is 39.7. The van der Waals surface area contributed by atoms with Gasteiger partial charge in [-0.25, -0.2) is 0 Å². The Kier molecular flexibility index (Phi) is 17.3. The van der Waals surface area contributed by atoms with Crippen molar-refractivity contribution in [2.75, 3.05) is 13.7 Å². The number of carbonyl (C=O) groups is 1. The second-order valence-electron chi connectivity index (χ2n) is 16.0. The molecule has 1 N–H and O–H groups in total. The summed E-state index contributed by atoms with van der Waals surface area (Å²) in [6.45, 7) is 3.14. The molecule has 11 heteroatoms. The van der Waals surface area contributed by atoms with Crippen LogP contribution in [0, 0.1) is 6.10 Å². The highest BCUT2D eigenvalue weighted by Crippen LogP contribution is 2.41. The quantitative estimate of drug-likeness (QED) is 0.0642. The first kappa shape index (κ1) is 45.0. The third kappa shape index (κ3) is 12.8. The maximum atomic E-state index is 12.3. The van der Waals surface area contributed by atoms with Crippen molar-refractivity contribution >= 4 is 5.97 Å². The molecule has 4 aromatic carbocycles. The normalized spacial score (nSPS) is 27.9. The van der Waals surface area contributed by atoms with E-state index >= 15 is 0 Å². The van der Waals surface area contributed by atoms with Gasteiger partial charge in [0.25, 0.3) is 0 Å². The number of benzene rings is 4. The largest absolute Gasteiger partial charge is 0.469 e. The number of aliphatic hydroxyl groups is 1. The third-order valence-corrected chi connectivity index (χ3v) is 11.5. The number of unbranched alkanes of at least 4 members (excludes halogenated alkanes) is 5. The number of fused-ring (bicyclic) bond motifs is 1. The molecule has 0 bridgehead atoms. The fraction of sp³-hybridized carbons (Fsp3) is 0.480. The van der Waals surface area contributed by atoms with Crippen LogP contribution < -0.4 is 0 Å². The van der Waals surface area contributed by atoms with Crippen molar-refractivity contribution in [3.05, 3.63) is 150 Å². The summed E-state index contributed by atoms with van der Waals surface area (Å²) in [7, 11) is 1.42. The Balaban J connectivity index is 1.13. The van der Waals surface area contributed by atoms with Gasteiger partial charge in [-0.3, -0.25) is 4.79 Å². The first-order valence-corrected chi connectivity index (χ1v) is 21.8. The summed E-state index contributed by atoms with van der Waals surface area (Å²) in [5.41, 5.74) is 3.87. The maximum Gasteiger partial charge on any atom is 0.305 e. The summed E-state index contributed by atoms with van der Waals surface area (Å²) in [5.74, 6) is -0.173. The predicted octanol–water partition coefficient (Wildman–Crippen LogP) is 8.57. The van der Waals surface area contributed by atoms with Crippen LogP contribution in [0.2, 0.25) is 0 Å². The SMILES string of the molecule is COC(=O)CCCCCCCC[C]1O[C@@H]2COC(c3ccccc3)O[C@@H]2[C@H](O)[C@H]1O[C@@H]1O[C@@H](C)[C@@H](OCc2ccccc2)[C@@H](OCc2ccccc2)[C@@H]1OCc1ccccc1. The second kappa shape index (κ2) is 23.4. The molecular weight excluding hydrogens is 777 g/mol. The lowest BCUT2D eigenvalue weighted by molar-refractivity contribution is -0.359. The van der Waals surface area contributed by atoms with E-state index in [1.165, 1.54) is 7.11 Å². The average molecular weight is 838 g/mol. The number of carbonyl (C=O) groups excluding carboxylic acids is 1. The summed E-state index contributed by atoms with van der Waals surface area (Å²) in [6.07, 6.45) is -0.184. The number of rotatable bonds is 21. The number of hydrogen-bond donors (Lipinski definition) is 1. The molecule has 3 heterocycles. The zero-order chi connectivity index (χ0) is 42.2. The number of ether oxygens (including phenoxy) is 9. The summed E-state index contributed by atoms with van der Waals surface area (Å²) in [5, 5.41) is 12.3.